The van der Waals surface area contributed by atoms with Gasteiger partial charge in [0.05, 0.1) is 12.7 Å². The lowest BCUT2D eigenvalue weighted by atomic mass is 10.1. The van der Waals surface area contributed by atoms with E-state index in [1.807, 2.05) is 31.2 Å². The van der Waals surface area contributed by atoms with Crippen molar-refractivity contribution in [3.8, 4) is 0 Å². The van der Waals surface area contributed by atoms with E-state index < -0.39 is 0 Å². The summed E-state index contributed by atoms with van der Waals surface area (Å²) in [6.45, 7) is 3.43. The Kier molecular flexibility index (Phi) is 6.35. The fourth-order valence-electron chi connectivity index (χ4n) is 2.19. The van der Waals surface area contributed by atoms with E-state index >= 15 is 0 Å². The summed E-state index contributed by atoms with van der Waals surface area (Å²) < 4.78 is 6.37. The number of halogens is 1. The minimum Gasteiger partial charge on any atom is -0.375 e. The molecule has 0 spiro atoms. The minimum absolute atomic E-state index is 0.136. The molecule has 6 nitrogen and oxygen atoms in total. The fourth-order valence-corrected chi connectivity index (χ4v) is 2.46. The number of morpholine rings is 1. The van der Waals surface area contributed by atoms with Crippen molar-refractivity contribution in [1.82, 2.24) is 10.6 Å². The number of rotatable bonds is 5. The number of nitrogens with one attached hydrogen (secondary N) is 3. The molecule has 0 aliphatic carbocycles. The summed E-state index contributed by atoms with van der Waals surface area (Å²) in [7, 11) is 0. The zero-order valence-electron chi connectivity index (χ0n) is 12.4. The first-order chi connectivity index (χ1) is 10.6. The van der Waals surface area contributed by atoms with E-state index in [9.17, 15) is 9.59 Å². The molecule has 2 atom stereocenters. The van der Waals surface area contributed by atoms with Gasteiger partial charge in [-0.2, -0.15) is 0 Å². The van der Waals surface area contributed by atoms with Crippen LogP contribution in [0.1, 0.15) is 13.3 Å². The van der Waals surface area contributed by atoms with Crippen molar-refractivity contribution >= 4 is 33.4 Å². The molecule has 1 fully saturated rings. The topological polar surface area (TPSA) is 79.5 Å². The molecule has 22 heavy (non-hydrogen) atoms. The van der Waals surface area contributed by atoms with Gasteiger partial charge in [0.2, 0.25) is 11.8 Å². The number of hydrogen-bond donors (Lipinski definition) is 3. The van der Waals surface area contributed by atoms with E-state index in [1.165, 1.54) is 0 Å². The van der Waals surface area contributed by atoms with Crippen molar-refractivity contribution in [2.75, 3.05) is 25.0 Å². The summed E-state index contributed by atoms with van der Waals surface area (Å²) in [5.74, 6) is -0.271. The molecule has 1 aliphatic rings. The van der Waals surface area contributed by atoms with Gasteiger partial charge >= 0.3 is 0 Å². The Balaban J connectivity index is 1.70. The number of amides is 2. The van der Waals surface area contributed by atoms with Crippen LogP contribution >= 0.6 is 15.9 Å². The van der Waals surface area contributed by atoms with Gasteiger partial charge < -0.3 is 20.7 Å². The van der Waals surface area contributed by atoms with Gasteiger partial charge in [-0.25, -0.2) is 0 Å². The van der Waals surface area contributed by atoms with Gasteiger partial charge in [0.15, 0.2) is 0 Å². The molecule has 3 N–H and O–H groups in total. The molecule has 0 bridgehead atoms. The number of ether oxygens (including phenoxy) is 1. The lowest BCUT2D eigenvalue weighted by Gasteiger charge is -2.29. The van der Waals surface area contributed by atoms with Crippen LogP contribution in [0.15, 0.2) is 28.7 Å². The smallest absolute Gasteiger partial charge is 0.239 e. The predicted octanol–water partition coefficient (Wildman–Crippen LogP) is 1.27. The quantitative estimate of drug-likeness (QED) is 0.730. The van der Waals surface area contributed by atoms with E-state index in [0.717, 1.165) is 10.2 Å². The van der Waals surface area contributed by atoms with Gasteiger partial charge in [0, 0.05) is 29.7 Å². The van der Waals surface area contributed by atoms with Crippen LogP contribution < -0.4 is 16.0 Å². The highest BCUT2D eigenvalue weighted by molar-refractivity contribution is 9.10. The second kappa shape index (κ2) is 8.26. The van der Waals surface area contributed by atoms with Crippen LogP contribution in [0, 0.1) is 0 Å². The maximum absolute atomic E-state index is 12.0. The summed E-state index contributed by atoms with van der Waals surface area (Å²) in [6.07, 6.45) is 0.0642. The van der Waals surface area contributed by atoms with Gasteiger partial charge in [0.1, 0.15) is 6.04 Å². The van der Waals surface area contributed by atoms with Crippen LogP contribution in [0.3, 0.4) is 0 Å². The van der Waals surface area contributed by atoms with Crippen molar-refractivity contribution < 1.29 is 14.3 Å². The van der Waals surface area contributed by atoms with Gasteiger partial charge in [-0.15, -0.1) is 0 Å². The monoisotopic (exact) mass is 369 g/mol. The standard InChI is InChI=1S/C15H20BrN3O3/c1-10-14(17-8-9-22-10)15(21)18-7-6-13(20)19-12-4-2-11(16)3-5-12/h2-5,10,14,17H,6-9H2,1H3,(H,18,21)(H,19,20)/t10-,14+/m1/s1. The molecule has 2 amide bonds. The van der Waals surface area contributed by atoms with Crippen LogP contribution in [0.4, 0.5) is 5.69 Å². The lowest BCUT2D eigenvalue weighted by molar-refractivity contribution is -0.128. The van der Waals surface area contributed by atoms with Crippen molar-refractivity contribution in [1.29, 1.82) is 0 Å². The molecule has 0 unspecified atom stereocenters. The molecular formula is C15H20BrN3O3. The molecule has 7 heteroatoms. The first kappa shape index (κ1) is 16.9. The Hall–Kier alpha value is -1.44. The molecule has 0 aromatic heterocycles. The molecule has 1 heterocycles. The maximum atomic E-state index is 12.0. The number of hydrogen-bond acceptors (Lipinski definition) is 4. The average Bonchev–Trinajstić information content (AvgIpc) is 2.50. The summed E-state index contributed by atoms with van der Waals surface area (Å²) in [6, 6.07) is 6.97. The second-order valence-corrected chi connectivity index (χ2v) is 6.02. The first-order valence-electron chi connectivity index (χ1n) is 7.24. The maximum Gasteiger partial charge on any atom is 0.239 e. The molecule has 0 radical (unpaired) electrons. The summed E-state index contributed by atoms with van der Waals surface area (Å²) in [5.41, 5.74) is 0.732. The van der Waals surface area contributed by atoms with Crippen LogP contribution in [0.2, 0.25) is 0 Å². The molecular weight excluding hydrogens is 350 g/mol. The Morgan fingerprint density at radius 1 is 1.36 bits per heavy atom. The summed E-state index contributed by atoms with van der Waals surface area (Å²) >= 11 is 3.34. The van der Waals surface area contributed by atoms with Gasteiger partial charge in [0.25, 0.3) is 0 Å². The molecule has 1 aromatic carbocycles. The Morgan fingerprint density at radius 3 is 2.77 bits per heavy atom. The lowest BCUT2D eigenvalue weighted by Crippen LogP contribution is -2.55. The highest BCUT2D eigenvalue weighted by atomic mass is 79.9. The number of benzene rings is 1. The zero-order valence-corrected chi connectivity index (χ0v) is 14.0. The van der Waals surface area contributed by atoms with Gasteiger partial charge in [-0.05, 0) is 31.2 Å². The molecule has 0 saturated carbocycles. The molecule has 2 rings (SSSR count). The van der Waals surface area contributed by atoms with Crippen molar-refractivity contribution in [3.63, 3.8) is 0 Å². The zero-order chi connectivity index (χ0) is 15.9. The van der Waals surface area contributed by atoms with Gasteiger partial charge in [-0.1, -0.05) is 15.9 Å². The third-order valence-corrected chi connectivity index (χ3v) is 3.91. The van der Waals surface area contributed by atoms with Crippen LogP contribution in [-0.2, 0) is 14.3 Å². The Labute approximate surface area is 138 Å². The fraction of sp³-hybridized carbons (Fsp3) is 0.467. The predicted molar refractivity (Wildman–Crippen MR) is 87.6 cm³/mol. The van der Waals surface area contributed by atoms with Crippen LogP contribution in [0.5, 0.6) is 0 Å². The number of anilines is 1. The summed E-state index contributed by atoms with van der Waals surface area (Å²) in [5, 5.41) is 8.65. The highest BCUT2D eigenvalue weighted by Gasteiger charge is 2.27. The largest absolute Gasteiger partial charge is 0.375 e. The SMILES string of the molecule is C[C@H]1OCCN[C@@H]1C(=O)NCCC(=O)Nc1ccc(Br)cc1. The van der Waals surface area contributed by atoms with E-state index in [-0.39, 0.29) is 30.4 Å². The summed E-state index contributed by atoms with van der Waals surface area (Å²) in [4.78, 5) is 23.8. The Bertz CT molecular complexity index is 521. The third kappa shape index (κ3) is 5.08. The number of carbonyl (C=O) groups excluding carboxylic acids is 2. The van der Waals surface area contributed by atoms with Crippen LogP contribution in [0.25, 0.3) is 0 Å². The normalized spacial score (nSPS) is 21.2. The minimum atomic E-state index is -0.358. The average molecular weight is 370 g/mol. The van der Waals surface area contributed by atoms with E-state index in [2.05, 4.69) is 31.9 Å². The van der Waals surface area contributed by atoms with Gasteiger partial charge in [-0.3, -0.25) is 9.59 Å². The third-order valence-electron chi connectivity index (χ3n) is 3.38. The van der Waals surface area contributed by atoms with E-state index in [4.69, 9.17) is 4.74 Å². The molecule has 1 aromatic rings. The Morgan fingerprint density at radius 2 is 2.09 bits per heavy atom. The van der Waals surface area contributed by atoms with E-state index in [1.54, 1.807) is 0 Å². The first-order valence-corrected chi connectivity index (χ1v) is 8.03. The van der Waals surface area contributed by atoms with Crippen LogP contribution in [-0.4, -0.2) is 43.7 Å². The molecule has 1 aliphatic heterocycles. The van der Waals surface area contributed by atoms with Crippen molar-refractivity contribution in [2.45, 2.75) is 25.5 Å². The molecule has 120 valence electrons. The second-order valence-electron chi connectivity index (χ2n) is 5.10. The highest BCUT2D eigenvalue weighted by Crippen LogP contribution is 2.14. The van der Waals surface area contributed by atoms with E-state index in [0.29, 0.717) is 19.7 Å². The number of carbonyl (C=O) groups is 2. The van der Waals surface area contributed by atoms with Crippen molar-refractivity contribution in [3.05, 3.63) is 28.7 Å². The van der Waals surface area contributed by atoms with Crippen molar-refractivity contribution in [2.24, 2.45) is 0 Å². The molecule has 1 saturated heterocycles.